The number of hydrogen-bond donors (Lipinski definition) is 2. The summed E-state index contributed by atoms with van der Waals surface area (Å²) >= 11 is 6.44. The summed E-state index contributed by atoms with van der Waals surface area (Å²) in [7, 11) is 1.74. The summed E-state index contributed by atoms with van der Waals surface area (Å²) in [5.74, 6) is 0.419. The number of para-hydroxylation sites is 1. The van der Waals surface area contributed by atoms with Gasteiger partial charge in [0, 0.05) is 42.3 Å². The highest BCUT2D eigenvalue weighted by atomic mass is 35.5. The van der Waals surface area contributed by atoms with Crippen molar-refractivity contribution in [1.29, 1.82) is 5.41 Å². The van der Waals surface area contributed by atoms with Crippen LogP contribution in [0.1, 0.15) is 29.3 Å². The Morgan fingerprint density at radius 1 is 1.42 bits per heavy atom. The van der Waals surface area contributed by atoms with Gasteiger partial charge in [0.1, 0.15) is 42.0 Å². The number of nitrogens with zero attached hydrogens (tertiary/aromatic N) is 3. The molecule has 1 saturated heterocycles. The minimum absolute atomic E-state index is 0.0556. The average molecular weight is 512 g/mol. The Morgan fingerprint density at radius 2 is 2.22 bits per heavy atom. The molecule has 188 valence electrons. The summed E-state index contributed by atoms with van der Waals surface area (Å²) < 4.78 is 25.8. The summed E-state index contributed by atoms with van der Waals surface area (Å²) in [6, 6.07) is 10.1. The second kappa shape index (κ2) is 11.0. The van der Waals surface area contributed by atoms with E-state index in [0.717, 1.165) is 23.0 Å². The van der Waals surface area contributed by atoms with Crippen molar-refractivity contribution >= 4 is 40.6 Å². The van der Waals surface area contributed by atoms with Crippen LogP contribution in [-0.4, -0.2) is 54.3 Å². The Kier molecular flexibility index (Phi) is 7.81. The van der Waals surface area contributed by atoms with Crippen molar-refractivity contribution in [3.8, 4) is 5.75 Å². The zero-order chi connectivity index (χ0) is 25.8. The van der Waals surface area contributed by atoms with Crippen LogP contribution in [0, 0.1) is 18.2 Å². The van der Waals surface area contributed by atoms with E-state index >= 15 is 0 Å². The predicted molar refractivity (Wildman–Crippen MR) is 137 cm³/mol. The van der Waals surface area contributed by atoms with Crippen molar-refractivity contribution in [3.05, 3.63) is 69.6 Å². The van der Waals surface area contributed by atoms with E-state index in [1.54, 1.807) is 24.9 Å². The van der Waals surface area contributed by atoms with Gasteiger partial charge in [0.15, 0.2) is 0 Å². The Morgan fingerprint density at radius 3 is 2.97 bits per heavy atom. The fraction of sp³-hybridized carbons (Fsp3) is 0.308. The SMILES string of the molecule is CN/C(=N\C=N)c1cc(C)nc2c(OCc3c(Cl)cc(F)cc3CN3CCOC(C)C3=O)cccc12. The quantitative estimate of drug-likeness (QED) is 0.365. The number of aromatic nitrogens is 1. The molecule has 1 unspecified atom stereocenters. The number of morpholine rings is 1. The lowest BCUT2D eigenvalue weighted by Gasteiger charge is -2.31. The average Bonchev–Trinajstić information content (AvgIpc) is 2.84. The number of halogens is 2. The van der Waals surface area contributed by atoms with E-state index in [-0.39, 0.29) is 24.1 Å². The van der Waals surface area contributed by atoms with E-state index in [9.17, 15) is 9.18 Å². The number of carbonyl (C=O) groups is 1. The van der Waals surface area contributed by atoms with E-state index in [0.29, 0.717) is 41.4 Å². The fourth-order valence-electron chi connectivity index (χ4n) is 4.25. The number of aliphatic imine (C=N–C) groups is 1. The maximum Gasteiger partial charge on any atom is 0.251 e. The highest BCUT2D eigenvalue weighted by molar-refractivity contribution is 6.31. The summed E-state index contributed by atoms with van der Waals surface area (Å²) in [4.78, 5) is 23.0. The molecule has 8 nitrogen and oxygen atoms in total. The van der Waals surface area contributed by atoms with E-state index in [1.807, 2.05) is 25.1 Å². The maximum atomic E-state index is 14.3. The minimum atomic E-state index is -0.541. The molecule has 1 aliphatic heterocycles. The van der Waals surface area contributed by atoms with Gasteiger partial charge in [0.05, 0.1) is 11.6 Å². The Bertz CT molecular complexity index is 1350. The molecule has 36 heavy (non-hydrogen) atoms. The molecule has 0 spiro atoms. The van der Waals surface area contributed by atoms with Gasteiger partial charge >= 0.3 is 0 Å². The highest BCUT2D eigenvalue weighted by Crippen LogP contribution is 2.30. The molecule has 10 heteroatoms. The number of hydrogen-bond acceptors (Lipinski definition) is 5. The first-order chi connectivity index (χ1) is 17.3. The van der Waals surface area contributed by atoms with Crippen LogP contribution in [0.25, 0.3) is 10.9 Å². The molecular formula is C26H27ClFN5O3. The second-order valence-electron chi connectivity index (χ2n) is 8.41. The van der Waals surface area contributed by atoms with Crippen molar-refractivity contribution in [1.82, 2.24) is 15.2 Å². The molecule has 0 saturated carbocycles. The molecule has 2 N–H and O–H groups in total. The standard InChI is InChI=1S/C26H27ClFN5O3/c1-15-9-20(25(30-3)31-14-29)19-5-4-6-23(24(19)32-15)36-13-21-17(10-18(28)11-22(21)27)12-33-7-8-35-16(2)26(33)34/h4-6,9-11,14,16H,7-8,12-13H2,1-3H3,(H2,29,30,31). The number of nitrogens with one attached hydrogen (secondary N) is 2. The van der Waals surface area contributed by atoms with Gasteiger partial charge in [-0.2, -0.15) is 0 Å². The van der Waals surface area contributed by atoms with E-state index < -0.39 is 11.9 Å². The van der Waals surface area contributed by atoms with Gasteiger partial charge in [-0.15, -0.1) is 0 Å². The lowest BCUT2D eigenvalue weighted by atomic mass is 10.1. The molecule has 1 fully saturated rings. The highest BCUT2D eigenvalue weighted by Gasteiger charge is 2.27. The number of ether oxygens (including phenoxy) is 2. The monoisotopic (exact) mass is 511 g/mol. The first kappa shape index (κ1) is 25.5. The summed E-state index contributed by atoms with van der Waals surface area (Å²) in [6.45, 7) is 4.66. The van der Waals surface area contributed by atoms with Crippen LogP contribution >= 0.6 is 11.6 Å². The zero-order valence-electron chi connectivity index (χ0n) is 20.3. The number of carbonyl (C=O) groups excluding carboxylic acids is 1. The lowest BCUT2D eigenvalue weighted by molar-refractivity contribution is -0.152. The van der Waals surface area contributed by atoms with Gasteiger partial charge < -0.3 is 19.7 Å². The van der Waals surface area contributed by atoms with Crippen molar-refractivity contribution in [3.63, 3.8) is 0 Å². The molecular weight excluding hydrogens is 485 g/mol. The summed E-state index contributed by atoms with van der Waals surface area (Å²) in [5, 5.41) is 11.4. The Labute approximate surface area is 213 Å². The molecule has 0 radical (unpaired) electrons. The van der Waals surface area contributed by atoms with Crippen LogP contribution in [0.5, 0.6) is 5.75 Å². The third-order valence-corrected chi connectivity index (χ3v) is 6.33. The number of aryl methyl sites for hydroxylation is 1. The number of amidine groups is 1. The van der Waals surface area contributed by atoms with Crippen molar-refractivity contribution in [2.75, 3.05) is 20.2 Å². The molecule has 0 bridgehead atoms. The summed E-state index contributed by atoms with van der Waals surface area (Å²) in [6.07, 6.45) is 0.437. The van der Waals surface area contributed by atoms with E-state index in [4.69, 9.17) is 26.5 Å². The van der Waals surface area contributed by atoms with Crippen molar-refractivity contribution in [2.45, 2.75) is 33.1 Å². The van der Waals surface area contributed by atoms with Crippen LogP contribution in [0.15, 0.2) is 41.4 Å². The topological polar surface area (TPSA) is 99.9 Å². The number of rotatable bonds is 7. The van der Waals surface area contributed by atoms with Crippen LogP contribution in [0.4, 0.5) is 4.39 Å². The third kappa shape index (κ3) is 5.32. The van der Waals surface area contributed by atoms with Crippen molar-refractivity contribution in [2.24, 2.45) is 4.99 Å². The largest absolute Gasteiger partial charge is 0.487 e. The number of benzene rings is 2. The van der Waals surface area contributed by atoms with Gasteiger partial charge in [-0.3, -0.25) is 10.2 Å². The van der Waals surface area contributed by atoms with Crippen LogP contribution in [-0.2, 0) is 22.7 Å². The van der Waals surface area contributed by atoms with Crippen LogP contribution < -0.4 is 10.1 Å². The molecule has 3 aromatic rings. The number of amides is 1. The first-order valence-corrected chi connectivity index (χ1v) is 11.9. The van der Waals surface area contributed by atoms with Gasteiger partial charge in [-0.25, -0.2) is 14.4 Å². The van der Waals surface area contributed by atoms with Crippen molar-refractivity contribution < 1.29 is 18.7 Å². The molecule has 1 aromatic heterocycles. The fourth-order valence-corrected chi connectivity index (χ4v) is 4.53. The maximum absolute atomic E-state index is 14.3. The van der Waals surface area contributed by atoms with Gasteiger partial charge in [-0.05, 0) is 43.7 Å². The van der Waals surface area contributed by atoms with Gasteiger partial charge in [0.25, 0.3) is 5.91 Å². The third-order valence-electron chi connectivity index (χ3n) is 5.99. The molecule has 4 rings (SSSR count). The molecule has 1 aliphatic rings. The molecule has 2 aromatic carbocycles. The Balaban J connectivity index is 1.68. The van der Waals surface area contributed by atoms with Crippen LogP contribution in [0.3, 0.4) is 0 Å². The number of pyridine rings is 1. The van der Waals surface area contributed by atoms with Gasteiger partial charge in [-0.1, -0.05) is 23.7 Å². The molecule has 1 atom stereocenters. The zero-order valence-corrected chi connectivity index (χ0v) is 21.0. The molecule has 1 amide bonds. The first-order valence-electron chi connectivity index (χ1n) is 11.5. The smallest absolute Gasteiger partial charge is 0.251 e. The minimum Gasteiger partial charge on any atom is -0.487 e. The Hall–Kier alpha value is -3.56. The van der Waals surface area contributed by atoms with Crippen LogP contribution in [0.2, 0.25) is 5.02 Å². The number of fused-ring (bicyclic) bond motifs is 1. The normalized spacial score (nSPS) is 16.4. The second-order valence-corrected chi connectivity index (χ2v) is 8.81. The lowest BCUT2D eigenvalue weighted by Crippen LogP contribution is -2.46. The molecule has 2 heterocycles. The summed E-state index contributed by atoms with van der Waals surface area (Å²) in [5.41, 5.74) is 3.33. The van der Waals surface area contributed by atoms with E-state index in [1.165, 1.54) is 12.1 Å². The predicted octanol–water partition coefficient (Wildman–Crippen LogP) is 4.24. The van der Waals surface area contributed by atoms with Gasteiger partial charge in [0.2, 0.25) is 0 Å². The molecule has 0 aliphatic carbocycles. The van der Waals surface area contributed by atoms with E-state index in [2.05, 4.69) is 15.3 Å².